The molecule has 1 fully saturated rings. The maximum Gasteiger partial charge on any atom is 0.123 e. The summed E-state index contributed by atoms with van der Waals surface area (Å²) in [4.78, 5) is 0. The molecule has 0 spiro atoms. The Bertz CT molecular complexity index is 394. The fraction of sp³-hybridized carbons (Fsp3) is 0.600. The maximum absolute atomic E-state index is 13.2. The zero-order valence-electron chi connectivity index (χ0n) is 11.0. The summed E-state index contributed by atoms with van der Waals surface area (Å²) in [5, 5.41) is 0. The SMILES string of the molecule is CC1CCCC(Oc2ccc(F)cc2CCN)C1. The van der Waals surface area contributed by atoms with Gasteiger partial charge in [-0.25, -0.2) is 4.39 Å². The second kappa shape index (κ2) is 6.19. The summed E-state index contributed by atoms with van der Waals surface area (Å²) in [6.45, 7) is 2.78. The normalized spacial score (nSPS) is 23.9. The molecular formula is C15H22FNO. The Labute approximate surface area is 108 Å². The molecule has 18 heavy (non-hydrogen) atoms. The molecule has 2 unspecified atom stereocenters. The van der Waals surface area contributed by atoms with E-state index in [0.29, 0.717) is 13.0 Å². The van der Waals surface area contributed by atoms with Crippen molar-refractivity contribution in [1.82, 2.24) is 0 Å². The lowest BCUT2D eigenvalue weighted by Crippen LogP contribution is -2.24. The van der Waals surface area contributed by atoms with Gasteiger partial charge in [-0.05, 0) is 61.9 Å². The third-order valence-electron chi connectivity index (χ3n) is 3.62. The van der Waals surface area contributed by atoms with Crippen LogP contribution in [0.5, 0.6) is 5.75 Å². The van der Waals surface area contributed by atoms with Gasteiger partial charge in [0.1, 0.15) is 11.6 Å². The van der Waals surface area contributed by atoms with Crippen molar-refractivity contribution in [2.75, 3.05) is 6.54 Å². The van der Waals surface area contributed by atoms with E-state index in [1.807, 2.05) is 0 Å². The molecule has 0 aliphatic heterocycles. The van der Waals surface area contributed by atoms with E-state index in [9.17, 15) is 4.39 Å². The Hall–Kier alpha value is -1.09. The van der Waals surface area contributed by atoms with Crippen molar-refractivity contribution in [3.8, 4) is 5.75 Å². The minimum atomic E-state index is -0.220. The minimum Gasteiger partial charge on any atom is -0.490 e. The molecule has 1 aromatic carbocycles. The first-order valence-corrected chi connectivity index (χ1v) is 6.84. The lowest BCUT2D eigenvalue weighted by molar-refractivity contribution is 0.128. The van der Waals surface area contributed by atoms with E-state index in [2.05, 4.69) is 6.92 Å². The molecule has 3 heteroatoms. The standard InChI is InChI=1S/C15H22FNO/c1-11-3-2-4-14(9-11)18-15-6-5-13(16)10-12(15)7-8-17/h5-6,10-11,14H,2-4,7-9,17H2,1H3. The molecule has 2 rings (SSSR count). The summed E-state index contributed by atoms with van der Waals surface area (Å²) >= 11 is 0. The number of nitrogens with two attached hydrogens (primary N) is 1. The number of benzene rings is 1. The molecule has 0 saturated heterocycles. The van der Waals surface area contributed by atoms with E-state index in [4.69, 9.17) is 10.5 Å². The third kappa shape index (κ3) is 3.45. The molecule has 1 saturated carbocycles. The van der Waals surface area contributed by atoms with Crippen LogP contribution in [0.4, 0.5) is 4.39 Å². The fourth-order valence-electron chi connectivity index (χ4n) is 2.68. The quantitative estimate of drug-likeness (QED) is 0.891. The summed E-state index contributed by atoms with van der Waals surface area (Å²) in [5.41, 5.74) is 6.44. The van der Waals surface area contributed by atoms with Gasteiger partial charge in [0, 0.05) is 0 Å². The Kier molecular flexibility index (Phi) is 4.59. The molecule has 1 aromatic rings. The van der Waals surface area contributed by atoms with Gasteiger partial charge in [-0.2, -0.15) is 0 Å². The van der Waals surface area contributed by atoms with Crippen molar-refractivity contribution in [3.63, 3.8) is 0 Å². The third-order valence-corrected chi connectivity index (χ3v) is 3.62. The molecule has 0 amide bonds. The van der Waals surface area contributed by atoms with Crippen LogP contribution in [0.2, 0.25) is 0 Å². The summed E-state index contributed by atoms with van der Waals surface area (Å²) in [7, 11) is 0. The summed E-state index contributed by atoms with van der Waals surface area (Å²) in [6.07, 6.45) is 5.65. The van der Waals surface area contributed by atoms with Crippen LogP contribution in [0.1, 0.15) is 38.2 Å². The number of hydrogen-bond acceptors (Lipinski definition) is 2. The van der Waals surface area contributed by atoms with Crippen molar-refractivity contribution in [1.29, 1.82) is 0 Å². The van der Waals surface area contributed by atoms with Crippen LogP contribution in [-0.2, 0) is 6.42 Å². The van der Waals surface area contributed by atoms with Gasteiger partial charge < -0.3 is 10.5 Å². The van der Waals surface area contributed by atoms with Crippen LogP contribution in [-0.4, -0.2) is 12.6 Å². The summed E-state index contributed by atoms with van der Waals surface area (Å²) < 4.78 is 19.3. The molecule has 0 heterocycles. The number of hydrogen-bond donors (Lipinski definition) is 1. The lowest BCUT2D eigenvalue weighted by atomic mass is 9.88. The summed E-state index contributed by atoms with van der Waals surface area (Å²) in [6, 6.07) is 4.73. The molecule has 2 N–H and O–H groups in total. The maximum atomic E-state index is 13.2. The van der Waals surface area contributed by atoms with Crippen LogP contribution in [0.25, 0.3) is 0 Å². The van der Waals surface area contributed by atoms with Crippen molar-refractivity contribution in [2.45, 2.75) is 45.1 Å². The molecule has 100 valence electrons. The van der Waals surface area contributed by atoms with Crippen LogP contribution >= 0.6 is 0 Å². The van der Waals surface area contributed by atoms with Crippen molar-refractivity contribution in [2.24, 2.45) is 11.7 Å². The number of ether oxygens (including phenoxy) is 1. The largest absolute Gasteiger partial charge is 0.490 e. The molecule has 0 radical (unpaired) electrons. The monoisotopic (exact) mass is 251 g/mol. The smallest absolute Gasteiger partial charge is 0.123 e. The van der Waals surface area contributed by atoms with E-state index in [0.717, 1.165) is 30.1 Å². The van der Waals surface area contributed by atoms with Crippen LogP contribution in [0.3, 0.4) is 0 Å². The van der Waals surface area contributed by atoms with Gasteiger partial charge in [0.05, 0.1) is 6.10 Å². The van der Waals surface area contributed by atoms with Gasteiger partial charge in [-0.1, -0.05) is 13.3 Å². The highest BCUT2D eigenvalue weighted by molar-refractivity contribution is 5.34. The van der Waals surface area contributed by atoms with Crippen LogP contribution in [0.15, 0.2) is 18.2 Å². The Morgan fingerprint density at radius 2 is 2.22 bits per heavy atom. The molecule has 2 atom stereocenters. The van der Waals surface area contributed by atoms with Gasteiger partial charge >= 0.3 is 0 Å². The minimum absolute atomic E-state index is 0.220. The highest BCUT2D eigenvalue weighted by atomic mass is 19.1. The first-order valence-electron chi connectivity index (χ1n) is 6.84. The van der Waals surface area contributed by atoms with Crippen LogP contribution < -0.4 is 10.5 Å². The van der Waals surface area contributed by atoms with Crippen molar-refractivity contribution >= 4 is 0 Å². The average molecular weight is 251 g/mol. The molecule has 1 aliphatic carbocycles. The van der Waals surface area contributed by atoms with Gasteiger partial charge in [0.25, 0.3) is 0 Å². The van der Waals surface area contributed by atoms with E-state index >= 15 is 0 Å². The van der Waals surface area contributed by atoms with E-state index in [1.54, 1.807) is 6.07 Å². The summed E-state index contributed by atoms with van der Waals surface area (Å²) in [5.74, 6) is 1.31. The van der Waals surface area contributed by atoms with Gasteiger partial charge in [-0.3, -0.25) is 0 Å². The second-order valence-electron chi connectivity index (χ2n) is 5.30. The highest BCUT2D eigenvalue weighted by Gasteiger charge is 2.21. The predicted molar refractivity (Wildman–Crippen MR) is 71.2 cm³/mol. The Balaban J connectivity index is 2.07. The van der Waals surface area contributed by atoms with Crippen molar-refractivity contribution in [3.05, 3.63) is 29.6 Å². The topological polar surface area (TPSA) is 35.2 Å². The molecule has 0 bridgehead atoms. The van der Waals surface area contributed by atoms with E-state index in [-0.39, 0.29) is 11.9 Å². The first-order chi connectivity index (χ1) is 8.69. The van der Waals surface area contributed by atoms with E-state index < -0.39 is 0 Å². The molecule has 0 aromatic heterocycles. The molecule has 1 aliphatic rings. The van der Waals surface area contributed by atoms with Gasteiger partial charge in [-0.15, -0.1) is 0 Å². The average Bonchev–Trinajstić information content (AvgIpc) is 2.33. The molecule has 2 nitrogen and oxygen atoms in total. The van der Waals surface area contributed by atoms with Crippen molar-refractivity contribution < 1.29 is 9.13 Å². The predicted octanol–water partition coefficient (Wildman–Crippen LogP) is 3.28. The molecular weight excluding hydrogens is 229 g/mol. The fourth-order valence-corrected chi connectivity index (χ4v) is 2.68. The highest BCUT2D eigenvalue weighted by Crippen LogP contribution is 2.29. The van der Waals surface area contributed by atoms with E-state index in [1.165, 1.54) is 25.0 Å². The first kappa shape index (κ1) is 13.3. The Morgan fingerprint density at radius 1 is 1.39 bits per heavy atom. The lowest BCUT2D eigenvalue weighted by Gasteiger charge is -2.28. The second-order valence-corrected chi connectivity index (χ2v) is 5.30. The van der Waals surface area contributed by atoms with Crippen LogP contribution in [0, 0.1) is 11.7 Å². The number of rotatable bonds is 4. The van der Waals surface area contributed by atoms with Gasteiger partial charge in [0.2, 0.25) is 0 Å². The Morgan fingerprint density at radius 3 is 2.94 bits per heavy atom. The zero-order valence-corrected chi connectivity index (χ0v) is 11.0. The zero-order chi connectivity index (χ0) is 13.0. The van der Waals surface area contributed by atoms with Gasteiger partial charge in [0.15, 0.2) is 0 Å². The number of halogens is 1.